The number of hydrogen-bond acceptors (Lipinski definition) is 4. The zero-order valence-electron chi connectivity index (χ0n) is 30.4. The molecule has 2 unspecified atom stereocenters. The summed E-state index contributed by atoms with van der Waals surface area (Å²) in [5.41, 5.74) is 10.1. The van der Waals surface area contributed by atoms with Crippen LogP contribution in [0.3, 0.4) is 0 Å². The second-order valence-corrected chi connectivity index (χ2v) is 15.1. The van der Waals surface area contributed by atoms with Crippen molar-refractivity contribution in [1.82, 2.24) is 19.5 Å². The third kappa shape index (κ3) is 4.90. The van der Waals surface area contributed by atoms with Crippen LogP contribution < -0.4 is 0 Å². The minimum atomic E-state index is 0.284. The molecular weight excluding hydrogens is 685 g/mol. The molecule has 0 spiro atoms. The lowest BCUT2D eigenvalue weighted by Gasteiger charge is -2.27. The fraction of sp³-hybridized carbons (Fsp3) is 0.0784. The van der Waals surface area contributed by atoms with E-state index in [1.165, 1.54) is 38.5 Å². The molecule has 0 saturated carbocycles. The highest BCUT2D eigenvalue weighted by Gasteiger charge is 2.31. The number of rotatable bonds is 4. The molecule has 0 fully saturated rings. The van der Waals surface area contributed by atoms with Gasteiger partial charge in [-0.2, -0.15) is 0 Å². The van der Waals surface area contributed by atoms with Gasteiger partial charge in [-0.3, -0.25) is 0 Å². The second kappa shape index (κ2) is 12.2. The van der Waals surface area contributed by atoms with Gasteiger partial charge in [0.25, 0.3) is 0 Å². The molecule has 6 aromatic carbocycles. The first-order valence-electron chi connectivity index (χ1n) is 19.4. The lowest BCUT2D eigenvalue weighted by molar-refractivity contribution is 0.596. The fourth-order valence-corrected chi connectivity index (χ4v) is 9.13. The largest absolute Gasteiger partial charge is 0.456 e. The van der Waals surface area contributed by atoms with Crippen molar-refractivity contribution in [3.05, 3.63) is 186 Å². The van der Waals surface area contributed by atoms with Crippen LogP contribution >= 0.6 is 0 Å². The van der Waals surface area contributed by atoms with Crippen molar-refractivity contribution in [3.63, 3.8) is 0 Å². The van der Waals surface area contributed by atoms with E-state index in [1.807, 2.05) is 0 Å². The lowest BCUT2D eigenvalue weighted by Crippen LogP contribution is -2.16. The Morgan fingerprint density at radius 1 is 0.571 bits per heavy atom. The van der Waals surface area contributed by atoms with E-state index in [0.717, 1.165) is 62.7 Å². The summed E-state index contributed by atoms with van der Waals surface area (Å²) >= 11 is 0. The van der Waals surface area contributed by atoms with Gasteiger partial charge in [0.15, 0.2) is 17.5 Å². The maximum absolute atomic E-state index is 6.64. The molecule has 5 nitrogen and oxygen atoms in total. The second-order valence-electron chi connectivity index (χ2n) is 15.1. The van der Waals surface area contributed by atoms with Crippen molar-refractivity contribution >= 4 is 61.1 Å². The van der Waals surface area contributed by atoms with Crippen LogP contribution in [0.2, 0.25) is 0 Å². The summed E-state index contributed by atoms with van der Waals surface area (Å²) in [6.07, 6.45) is 17.5. The van der Waals surface area contributed by atoms with E-state index in [0.29, 0.717) is 23.4 Å². The average Bonchev–Trinajstić information content (AvgIpc) is 3.81. The van der Waals surface area contributed by atoms with Gasteiger partial charge in [-0.1, -0.05) is 127 Å². The summed E-state index contributed by atoms with van der Waals surface area (Å²) in [7, 11) is 0. The van der Waals surface area contributed by atoms with E-state index in [9.17, 15) is 0 Å². The maximum Gasteiger partial charge on any atom is 0.164 e. The van der Waals surface area contributed by atoms with Gasteiger partial charge < -0.3 is 8.98 Å². The predicted octanol–water partition coefficient (Wildman–Crippen LogP) is 12.5. The Kier molecular flexibility index (Phi) is 6.81. The van der Waals surface area contributed by atoms with Gasteiger partial charge >= 0.3 is 0 Å². The summed E-state index contributed by atoms with van der Waals surface area (Å²) in [5, 5.41) is 7.11. The van der Waals surface area contributed by atoms with E-state index < -0.39 is 0 Å². The van der Waals surface area contributed by atoms with Gasteiger partial charge in [0, 0.05) is 61.8 Å². The Balaban J connectivity index is 0.986. The molecule has 0 bridgehead atoms. The van der Waals surface area contributed by atoms with Crippen LogP contribution in [0.15, 0.2) is 162 Å². The highest BCUT2D eigenvalue weighted by atomic mass is 16.3. The minimum absolute atomic E-state index is 0.284. The van der Waals surface area contributed by atoms with Crippen molar-refractivity contribution in [3.8, 4) is 28.5 Å². The number of allylic oxidation sites excluding steroid dienone is 6. The number of benzene rings is 6. The Labute approximate surface area is 323 Å². The molecular formula is C51H34N4O. The van der Waals surface area contributed by atoms with Crippen molar-refractivity contribution < 1.29 is 4.42 Å². The Morgan fingerprint density at radius 3 is 2.02 bits per heavy atom. The molecule has 0 N–H and O–H groups in total. The molecule has 3 heterocycles. The van der Waals surface area contributed by atoms with Crippen LogP contribution in [0, 0.1) is 5.92 Å². The molecule has 0 saturated heterocycles. The standard InChI is InChI=1S/C51H34N4O/c1-3-12-34-27-36(19-17-31(34)9-1)49-52-50(37-20-18-32-10-2-4-13-35(32)28-37)54-51(53-49)38-22-24-42-44-30-39(23-26-46(44)56-47(42)29-38)55-45-16-8-7-15-41(45)43-25-21-33-11-5-6-14-40(33)48(43)55/h1-21,23,25-30,33,40H,22,24H2. The van der Waals surface area contributed by atoms with Crippen molar-refractivity contribution in [2.75, 3.05) is 0 Å². The van der Waals surface area contributed by atoms with Crippen LogP contribution in [0.1, 0.15) is 40.7 Å². The zero-order chi connectivity index (χ0) is 36.7. The van der Waals surface area contributed by atoms with Crippen molar-refractivity contribution in [2.45, 2.75) is 18.8 Å². The summed E-state index contributed by atoms with van der Waals surface area (Å²) in [6, 6.07) is 45.1. The summed E-state index contributed by atoms with van der Waals surface area (Å²) in [4.78, 5) is 15.4. The Morgan fingerprint density at radius 2 is 1.25 bits per heavy atom. The Bertz CT molecular complexity index is 3130. The quantitative estimate of drug-likeness (QED) is 0.182. The van der Waals surface area contributed by atoms with Crippen LogP contribution in [-0.2, 0) is 6.42 Å². The monoisotopic (exact) mass is 718 g/mol. The molecule has 5 heteroatoms. The van der Waals surface area contributed by atoms with E-state index >= 15 is 0 Å². The summed E-state index contributed by atoms with van der Waals surface area (Å²) in [6.45, 7) is 0. The van der Waals surface area contributed by atoms with Crippen LogP contribution in [-0.4, -0.2) is 19.5 Å². The molecule has 12 rings (SSSR count). The minimum Gasteiger partial charge on any atom is -0.456 e. The molecule has 56 heavy (non-hydrogen) atoms. The van der Waals surface area contributed by atoms with Gasteiger partial charge in [0.2, 0.25) is 0 Å². The van der Waals surface area contributed by atoms with E-state index in [2.05, 4.69) is 174 Å². The highest BCUT2D eigenvalue weighted by molar-refractivity contribution is 5.96. The Hall–Kier alpha value is -7.11. The number of fused-ring (bicyclic) bond motifs is 10. The molecule has 9 aromatic rings. The van der Waals surface area contributed by atoms with E-state index in [1.54, 1.807) is 0 Å². The van der Waals surface area contributed by atoms with Crippen LogP contribution in [0.4, 0.5) is 0 Å². The fourth-order valence-electron chi connectivity index (χ4n) is 9.13. The first-order valence-corrected chi connectivity index (χ1v) is 19.4. The van der Waals surface area contributed by atoms with Crippen LogP contribution in [0.5, 0.6) is 0 Å². The molecule has 0 amide bonds. The van der Waals surface area contributed by atoms with Crippen molar-refractivity contribution in [1.29, 1.82) is 0 Å². The molecule has 3 aromatic heterocycles. The first kappa shape index (κ1) is 31.3. The predicted molar refractivity (Wildman–Crippen MR) is 228 cm³/mol. The number of nitrogens with zero attached hydrogens (tertiary/aromatic N) is 4. The molecule has 0 radical (unpaired) electrons. The van der Waals surface area contributed by atoms with Gasteiger partial charge in [0.05, 0.1) is 5.52 Å². The summed E-state index contributed by atoms with van der Waals surface area (Å²) in [5.74, 6) is 3.51. The first-order chi connectivity index (χ1) is 27.7. The van der Waals surface area contributed by atoms with Gasteiger partial charge in [-0.05, 0) is 76.9 Å². The molecule has 2 atom stereocenters. The lowest BCUT2D eigenvalue weighted by atomic mass is 9.80. The van der Waals surface area contributed by atoms with Gasteiger partial charge in [-0.15, -0.1) is 0 Å². The SMILES string of the molecule is C1=CC2C=Cc3c(n(-c4ccc5oc6c(c5c4)CCC(c4nc(-c5ccc7ccccc7c5)nc(-c5ccc7ccccc7c5)n4)=C6)c4ccccc34)C2C=C1. The molecule has 0 aliphatic heterocycles. The molecule has 3 aliphatic rings. The number of furan rings is 1. The zero-order valence-corrected chi connectivity index (χ0v) is 30.4. The average molecular weight is 719 g/mol. The van der Waals surface area contributed by atoms with Crippen LogP contribution in [0.25, 0.3) is 89.6 Å². The number of hydrogen-bond donors (Lipinski definition) is 0. The van der Waals surface area contributed by atoms with E-state index in [-0.39, 0.29) is 5.92 Å². The highest BCUT2D eigenvalue weighted by Crippen LogP contribution is 2.45. The smallest absolute Gasteiger partial charge is 0.164 e. The number of para-hydroxylation sites is 1. The van der Waals surface area contributed by atoms with Crippen molar-refractivity contribution in [2.24, 2.45) is 5.92 Å². The third-order valence-corrected chi connectivity index (χ3v) is 11.9. The van der Waals surface area contributed by atoms with Gasteiger partial charge in [0.1, 0.15) is 11.3 Å². The number of aromatic nitrogens is 4. The third-order valence-electron chi connectivity index (χ3n) is 11.9. The maximum atomic E-state index is 6.64. The normalized spacial score (nSPS) is 17.0. The number of aryl methyl sites for hydroxylation is 1. The molecule has 3 aliphatic carbocycles. The molecule has 264 valence electrons. The summed E-state index contributed by atoms with van der Waals surface area (Å²) < 4.78 is 9.12. The van der Waals surface area contributed by atoms with Gasteiger partial charge in [-0.25, -0.2) is 15.0 Å². The topological polar surface area (TPSA) is 56.7 Å². The van der Waals surface area contributed by atoms with E-state index in [4.69, 9.17) is 19.4 Å².